The molecule has 3 rings (SSSR count). The SMILES string of the molecule is CCOC(=O)C1=C(COCCN)NC2=C(C(=O)CC(C)(C)C2)C1c1cccnn1. The Morgan fingerprint density at radius 1 is 1.38 bits per heavy atom. The zero-order chi connectivity index (χ0) is 21.0. The van der Waals surface area contributed by atoms with Crippen LogP contribution >= 0.6 is 0 Å². The highest BCUT2D eigenvalue weighted by molar-refractivity contribution is 6.04. The van der Waals surface area contributed by atoms with E-state index in [1.54, 1.807) is 25.3 Å². The molecular weight excluding hydrogens is 372 g/mol. The van der Waals surface area contributed by atoms with E-state index in [0.29, 0.717) is 48.5 Å². The fourth-order valence-corrected chi connectivity index (χ4v) is 3.93. The average Bonchev–Trinajstić information content (AvgIpc) is 2.67. The first kappa shape index (κ1) is 21.1. The van der Waals surface area contributed by atoms with Crippen molar-refractivity contribution in [1.82, 2.24) is 15.5 Å². The van der Waals surface area contributed by atoms with E-state index in [0.717, 1.165) is 5.70 Å². The lowest BCUT2D eigenvalue weighted by molar-refractivity contribution is -0.139. The first-order valence-corrected chi connectivity index (χ1v) is 9.86. The number of carbonyl (C=O) groups is 2. The van der Waals surface area contributed by atoms with Crippen LogP contribution in [0, 0.1) is 5.41 Å². The maximum atomic E-state index is 13.2. The summed E-state index contributed by atoms with van der Waals surface area (Å²) in [7, 11) is 0. The van der Waals surface area contributed by atoms with Crippen LogP contribution in [0.5, 0.6) is 0 Å². The van der Waals surface area contributed by atoms with Crippen molar-refractivity contribution < 1.29 is 19.1 Å². The van der Waals surface area contributed by atoms with Crippen LogP contribution in [0.1, 0.15) is 45.2 Å². The molecule has 156 valence electrons. The Bertz CT molecular complexity index is 845. The number of carbonyl (C=O) groups excluding carboxylic acids is 2. The van der Waals surface area contributed by atoms with Gasteiger partial charge in [-0.1, -0.05) is 13.8 Å². The van der Waals surface area contributed by atoms with Crippen LogP contribution in [-0.4, -0.2) is 48.3 Å². The number of dihydropyridines is 1. The summed E-state index contributed by atoms with van der Waals surface area (Å²) in [4.78, 5) is 26.1. The number of hydrogen-bond acceptors (Lipinski definition) is 8. The number of ketones is 1. The van der Waals surface area contributed by atoms with Gasteiger partial charge in [0.2, 0.25) is 0 Å². The maximum Gasteiger partial charge on any atom is 0.336 e. The predicted molar refractivity (Wildman–Crippen MR) is 106 cm³/mol. The third kappa shape index (κ3) is 4.54. The van der Waals surface area contributed by atoms with Crippen LogP contribution < -0.4 is 11.1 Å². The second-order valence-corrected chi connectivity index (χ2v) is 7.99. The molecule has 0 amide bonds. The summed E-state index contributed by atoms with van der Waals surface area (Å²) in [6.07, 6.45) is 2.64. The van der Waals surface area contributed by atoms with Crippen molar-refractivity contribution in [1.29, 1.82) is 0 Å². The lowest BCUT2D eigenvalue weighted by Crippen LogP contribution is -2.40. The molecule has 0 spiro atoms. The minimum atomic E-state index is -0.640. The van der Waals surface area contributed by atoms with Gasteiger partial charge in [-0.05, 0) is 30.9 Å². The first-order valence-electron chi connectivity index (χ1n) is 9.86. The minimum absolute atomic E-state index is 0.00290. The topological polar surface area (TPSA) is 116 Å². The highest BCUT2D eigenvalue weighted by Crippen LogP contribution is 2.46. The molecule has 1 aliphatic heterocycles. The summed E-state index contributed by atoms with van der Waals surface area (Å²) in [6, 6.07) is 3.52. The molecule has 2 heterocycles. The van der Waals surface area contributed by atoms with Gasteiger partial charge in [0.05, 0.1) is 42.7 Å². The lowest BCUT2D eigenvalue weighted by Gasteiger charge is -2.39. The monoisotopic (exact) mass is 400 g/mol. The molecule has 0 radical (unpaired) electrons. The number of nitrogens with zero attached hydrogens (tertiary/aromatic N) is 2. The molecule has 1 aromatic rings. The van der Waals surface area contributed by atoms with E-state index in [4.69, 9.17) is 15.2 Å². The Kier molecular flexibility index (Phi) is 6.44. The Morgan fingerprint density at radius 2 is 2.17 bits per heavy atom. The van der Waals surface area contributed by atoms with Crippen molar-refractivity contribution >= 4 is 11.8 Å². The summed E-state index contributed by atoms with van der Waals surface area (Å²) < 4.78 is 11.0. The Balaban J connectivity index is 2.14. The van der Waals surface area contributed by atoms with Crippen LogP contribution in [-0.2, 0) is 19.1 Å². The van der Waals surface area contributed by atoms with E-state index in [1.165, 1.54) is 0 Å². The van der Waals surface area contributed by atoms with Gasteiger partial charge in [-0.3, -0.25) is 4.79 Å². The standard InChI is InChI=1S/C21H28N4O4/c1-4-29-20(27)19-15(12-28-9-7-22)24-14-10-21(2,3)11-16(26)17(14)18(19)13-6-5-8-23-25-13/h5-6,8,18,24H,4,7,9-12,22H2,1-3H3. The number of rotatable bonds is 7. The van der Waals surface area contributed by atoms with Crippen molar-refractivity contribution in [3.63, 3.8) is 0 Å². The number of esters is 1. The third-order valence-corrected chi connectivity index (χ3v) is 5.02. The molecule has 8 nitrogen and oxygen atoms in total. The van der Waals surface area contributed by atoms with Crippen molar-refractivity contribution in [2.45, 2.75) is 39.5 Å². The van der Waals surface area contributed by atoms with Crippen LogP contribution in [0.4, 0.5) is 0 Å². The molecule has 3 N–H and O–H groups in total. The molecular formula is C21H28N4O4. The van der Waals surface area contributed by atoms with Gasteiger partial charge in [-0.2, -0.15) is 10.2 Å². The van der Waals surface area contributed by atoms with E-state index in [2.05, 4.69) is 29.4 Å². The van der Waals surface area contributed by atoms with Gasteiger partial charge in [0.25, 0.3) is 0 Å². The van der Waals surface area contributed by atoms with Gasteiger partial charge in [-0.25, -0.2) is 4.79 Å². The molecule has 29 heavy (non-hydrogen) atoms. The number of hydrogen-bond donors (Lipinski definition) is 2. The molecule has 0 saturated carbocycles. The second kappa shape index (κ2) is 8.84. The summed E-state index contributed by atoms with van der Waals surface area (Å²) in [5, 5.41) is 11.5. The number of nitrogens with two attached hydrogens (primary N) is 1. The van der Waals surface area contributed by atoms with E-state index in [-0.39, 0.29) is 24.4 Å². The van der Waals surface area contributed by atoms with Crippen LogP contribution in [0.3, 0.4) is 0 Å². The molecule has 1 aromatic heterocycles. The summed E-state index contributed by atoms with van der Waals surface area (Å²) in [5.41, 5.74) is 8.19. The maximum absolute atomic E-state index is 13.2. The molecule has 8 heteroatoms. The zero-order valence-corrected chi connectivity index (χ0v) is 17.2. The molecule has 0 fully saturated rings. The molecule has 0 bridgehead atoms. The third-order valence-electron chi connectivity index (χ3n) is 5.02. The fourth-order valence-electron chi connectivity index (χ4n) is 3.93. The van der Waals surface area contributed by atoms with Gasteiger partial charge in [-0.15, -0.1) is 0 Å². The molecule has 2 aliphatic rings. The Morgan fingerprint density at radius 3 is 2.83 bits per heavy atom. The van der Waals surface area contributed by atoms with Crippen molar-refractivity contribution in [2.75, 3.05) is 26.4 Å². The van der Waals surface area contributed by atoms with Crippen LogP contribution in [0.2, 0.25) is 0 Å². The molecule has 1 unspecified atom stereocenters. The number of ether oxygens (including phenoxy) is 2. The highest BCUT2D eigenvalue weighted by Gasteiger charge is 2.44. The van der Waals surface area contributed by atoms with E-state index in [9.17, 15) is 9.59 Å². The van der Waals surface area contributed by atoms with Crippen molar-refractivity contribution in [2.24, 2.45) is 11.1 Å². The number of allylic oxidation sites excluding steroid dienone is 2. The molecule has 0 saturated heterocycles. The number of nitrogens with one attached hydrogen (secondary N) is 1. The average molecular weight is 400 g/mol. The van der Waals surface area contributed by atoms with Crippen molar-refractivity contribution in [3.05, 3.63) is 46.6 Å². The smallest absolute Gasteiger partial charge is 0.336 e. The van der Waals surface area contributed by atoms with Crippen LogP contribution in [0.15, 0.2) is 40.9 Å². The van der Waals surface area contributed by atoms with Gasteiger partial charge >= 0.3 is 5.97 Å². The van der Waals surface area contributed by atoms with E-state index >= 15 is 0 Å². The van der Waals surface area contributed by atoms with Gasteiger partial charge in [0.1, 0.15) is 0 Å². The molecule has 0 aromatic carbocycles. The molecule has 1 aliphatic carbocycles. The Hall–Kier alpha value is -2.58. The summed E-state index contributed by atoms with van der Waals surface area (Å²) in [6.45, 7) is 6.97. The Labute approximate surface area is 170 Å². The van der Waals surface area contributed by atoms with Gasteiger partial charge in [0.15, 0.2) is 5.78 Å². The first-order chi connectivity index (χ1) is 13.9. The normalized spacial score (nSPS) is 21.0. The van der Waals surface area contributed by atoms with Crippen LogP contribution in [0.25, 0.3) is 0 Å². The van der Waals surface area contributed by atoms with E-state index in [1.807, 2.05) is 0 Å². The fraction of sp³-hybridized carbons (Fsp3) is 0.524. The van der Waals surface area contributed by atoms with Gasteiger partial charge < -0.3 is 20.5 Å². The number of Topliss-reactive ketones (excluding diaryl/α,β-unsaturated/α-hetero) is 1. The highest BCUT2D eigenvalue weighted by atomic mass is 16.5. The quantitative estimate of drug-likeness (QED) is 0.524. The minimum Gasteiger partial charge on any atom is -0.463 e. The zero-order valence-electron chi connectivity index (χ0n) is 17.2. The molecule has 1 atom stereocenters. The lowest BCUT2D eigenvalue weighted by atomic mass is 9.69. The van der Waals surface area contributed by atoms with Crippen molar-refractivity contribution in [3.8, 4) is 0 Å². The summed E-state index contributed by atoms with van der Waals surface area (Å²) >= 11 is 0. The second-order valence-electron chi connectivity index (χ2n) is 7.99. The summed E-state index contributed by atoms with van der Waals surface area (Å²) in [5.74, 6) is -1.13. The largest absolute Gasteiger partial charge is 0.463 e. The predicted octanol–water partition coefficient (Wildman–Crippen LogP) is 1.60. The van der Waals surface area contributed by atoms with Gasteiger partial charge in [0, 0.05) is 30.4 Å². The van der Waals surface area contributed by atoms with E-state index < -0.39 is 11.9 Å². The number of aromatic nitrogens is 2.